The number of pyridine rings is 5. The molecule has 32 nitrogen and oxygen atoms in total. The number of aromatic nitrogens is 16. The van der Waals surface area contributed by atoms with E-state index in [0.29, 0.717) is 70.3 Å². The van der Waals surface area contributed by atoms with E-state index in [9.17, 15) is 60.3 Å². The van der Waals surface area contributed by atoms with E-state index < -0.39 is 47.4 Å². The van der Waals surface area contributed by atoms with Crippen LogP contribution in [0.4, 0.5) is 22.0 Å². The molecule has 10 aromatic heterocycles. The molecule has 0 saturated heterocycles. The third-order valence-corrected chi connectivity index (χ3v) is 23.0. The Kier molecular flexibility index (Phi) is 29.0. The maximum Gasteiger partial charge on any atom is 0.358 e. The average Bonchev–Trinajstić information content (AvgIpc) is 1.27. The van der Waals surface area contributed by atoms with Crippen molar-refractivity contribution in [3.63, 3.8) is 0 Å². The summed E-state index contributed by atoms with van der Waals surface area (Å²) in [5.41, 5.74) is 43.2. The number of carboxylic acid groups (broad SMARTS) is 1. The largest absolute Gasteiger partial charge is 0.476 e. The zero-order valence-corrected chi connectivity index (χ0v) is 76.4. The minimum Gasteiger partial charge on any atom is -0.476 e. The number of carboxylic acids is 1. The third kappa shape index (κ3) is 22.9. The Bertz CT molecular complexity index is 8140. The number of fused-ring (bicyclic) bond motifs is 5. The molecule has 0 radical (unpaired) electrons. The Morgan fingerprint density at radius 2 is 0.664 bits per heavy atom. The molecule has 5 amide bonds. The van der Waals surface area contributed by atoms with E-state index in [4.69, 9.17) is 50.1 Å². The predicted octanol–water partition coefficient (Wildman–Crippen LogP) is 16.6. The molecule has 0 aliphatic rings. The SMILES string of the molecule is COC(=O)c1cn(Cc2ccc3c(-c4ccc(F)cc4)cc(C(N)=O)nc3c2)cn1.COC(=O)c1cncn1Cc1ccc2c(-c3ccc(F)cc3)cc(C(N)=O)nc2c1.Cc1nccn1Cc1ccc2c(-c3ccc(F)cc3)cc(C(N)=O)nc2c1.NC(=O)c1cc(-c2ccc(F)cc2)c2ccc(Cn3cc(C(=O)O)nn3)cc2n1.NC(=O)c1cc(-c2ccc(F)cc2)c2ccc(Cn3ccnc3Cl)cc2n1. The number of esters is 2. The lowest BCUT2D eigenvalue weighted by atomic mass is 9.98. The van der Waals surface area contributed by atoms with Crippen LogP contribution in [0.25, 0.3) is 110 Å². The molecule has 20 rings (SSSR count). The molecule has 20 aromatic rings. The molecule has 0 aliphatic heterocycles. The fourth-order valence-electron chi connectivity index (χ4n) is 15.7. The number of nitrogens with zero attached hydrogens (tertiary/aromatic N) is 16. The number of imidazole rings is 4. The third-order valence-electron chi connectivity index (χ3n) is 22.7. The van der Waals surface area contributed by atoms with Crippen LogP contribution < -0.4 is 28.7 Å². The molecule has 0 aliphatic carbocycles. The van der Waals surface area contributed by atoms with Crippen LogP contribution in [0.1, 0.15) is 118 Å². The first-order valence-corrected chi connectivity index (χ1v) is 43.6. The van der Waals surface area contributed by atoms with Gasteiger partial charge in [-0.25, -0.2) is 85.9 Å². The quantitative estimate of drug-likeness (QED) is 0.0256. The van der Waals surface area contributed by atoms with Gasteiger partial charge in [0.25, 0.3) is 29.5 Å². The van der Waals surface area contributed by atoms with Gasteiger partial charge in [-0.15, -0.1) is 5.10 Å². The molecule has 0 bridgehead atoms. The van der Waals surface area contributed by atoms with E-state index in [2.05, 4.69) is 59.9 Å². The lowest BCUT2D eigenvalue weighted by molar-refractivity contribution is 0.0582. The molecule has 0 unspecified atom stereocenters. The van der Waals surface area contributed by atoms with Crippen LogP contribution in [0.15, 0.2) is 299 Å². The predicted molar refractivity (Wildman–Crippen MR) is 522 cm³/mol. The Balaban J connectivity index is 0.000000128. The van der Waals surface area contributed by atoms with Gasteiger partial charge >= 0.3 is 17.9 Å². The summed E-state index contributed by atoms with van der Waals surface area (Å²) in [7, 11) is 2.60. The van der Waals surface area contributed by atoms with Crippen molar-refractivity contribution in [3.05, 3.63) is 412 Å². The average molecular weight is 1940 g/mol. The number of halogens is 6. The molecule has 10 aromatic carbocycles. The van der Waals surface area contributed by atoms with Crippen molar-refractivity contribution in [2.24, 2.45) is 28.7 Å². The Morgan fingerprint density at radius 1 is 0.350 bits per heavy atom. The van der Waals surface area contributed by atoms with Crippen LogP contribution in [0.5, 0.6) is 0 Å². The van der Waals surface area contributed by atoms with Crippen molar-refractivity contribution in [1.29, 1.82) is 0 Å². The standard InChI is InChI=1S/2C22H17FN4O3.C21H17FN4O.C20H14ClFN4O.C20H14FN5O3/c1-30-22(29)20-10-25-12-27(20)11-13-2-7-16-17(14-3-5-15(23)6-4-14)9-19(21(24)28)26-18(16)8-13;1-30-22(29)20-11-27(12-25-20)10-13-2-7-16-17(14-3-5-15(23)6-4-14)9-19(21(24)28)26-18(16)8-13;1-13-24-8-9-26(13)12-14-2-7-17-18(15-3-5-16(22)6-4-15)11-20(21(23)27)25-19(17)10-14;21-20-24-7-8-26(20)11-12-1-6-15-16(13-2-4-14(22)5-3-13)10-18(19(23)27)25-17(15)9-12;21-13-4-2-12(3-5-13)15-8-17(19(22)27)23-16-7-11(1-6-14(15)16)9-26-10-18(20(28)29)24-25-26/h2-10,12H,11H2,1H3,(H2,24,28);2-9,11-12H,10H2,1H3,(H2,24,28);2-11H,12H2,1H3,(H2,23,27);1-10H,11H2,(H2,23,27);1-8,10H,9H2,(H2,22,27)(H,28,29). The van der Waals surface area contributed by atoms with Gasteiger partial charge in [-0.2, -0.15) is 0 Å². The maximum absolute atomic E-state index is 13.3. The van der Waals surface area contributed by atoms with Gasteiger partial charge in [0.05, 0.1) is 73.4 Å². The Hall–Kier alpha value is -19.1. The molecular formula is C105H79ClF5N21O11. The number of nitrogens with two attached hydrogens (primary N) is 5. The number of amides is 5. The lowest BCUT2D eigenvalue weighted by Crippen LogP contribution is -2.13. The second-order valence-electron chi connectivity index (χ2n) is 32.2. The molecule has 38 heteroatoms. The highest BCUT2D eigenvalue weighted by atomic mass is 35.5. The smallest absolute Gasteiger partial charge is 0.358 e. The first kappa shape index (κ1) is 97.0. The monoisotopic (exact) mass is 1940 g/mol. The molecule has 11 N–H and O–H groups in total. The highest BCUT2D eigenvalue weighted by molar-refractivity contribution is 6.28. The van der Waals surface area contributed by atoms with E-state index in [0.717, 1.165) is 111 Å². The summed E-state index contributed by atoms with van der Waals surface area (Å²) in [4.78, 5) is 131. The van der Waals surface area contributed by atoms with Gasteiger partial charge in [0.15, 0.2) is 11.4 Å². The maximum atomic E-state index is 13.3. The second kappa shape index (κ2) is 42.7. The second-order valence-corrected chi connectivity index (χ2v) is 32.6. The summed E-state index contributed by atoms with van der Waals surface area (Å²) in [6.45, 7) is 4.17. The Labute approximate surface area is 812 Å². The zero-order valence-electron chi connectivity index (χ0n) is 75.7. The number of aryl methyl sites for hydroxylation is 1. The van der Waals surface area contributed by atoms with Crippen molar-refractivity contribution in [3.8, 4) is 55.6 Å². The Morgan fingerprint density at radius 3 is 0.965 bits per heavy atom. The van der Waals surface area contributed by atoms with E-state index in [-0.39, 0.29) is 75.5 Å². The molecule has 712 valence electrons. The molecule has 143 heavy (non-hydrogen) atoms. The number of methoxy groups -OCH3 is 2. The normalized spacial score (nSPS) is 10.9. The number of ether oxygens (including phenoxy) is 2. The first-order chi connectivity index (χ1) is 68.8. The summed E-state index contributed by atoms with van der Waals surface area (Å²) in [6.07, 6.45) is 14.5. The fourth-order valence-corrected chi connectivity index (χ4v) is 15.8. The summed E-state index contributed by atoms with van der Waals surface area (Å²) < 4.78 is 84.6. The summed E-state index contributed by atoms with van der Waals surface area (Å²) in [5.74, 6) is -6.15. The van der Waals surface area contributed by atoms with Gasteiger partial charge in [0.2, 0.25) is 5.28 Å². The summed E-state index contributed by atoms with van der Waals surface area (Å²) in [6, 6.07) is 66.5. The van der Waals surface area contributed by atoms with Crippen molar-refractivity contribution in [1.82, 2.24) is 78.1 Å². The van der Waals surface area contributed by atoms with E-state index in [1.165, 1.54) is 105 Å². The van der Waals surface area contributed by atoms with E-state index >= 15 is 0 Å². The molecule has 0 spiro atoms. The van der Waals surface area contributed by atoms with Crippen molar-refractivity contribution in [2.75, 3.05) is 14.2 Å². The number of carbonyl (C=O) groups is 8. The van der Waals surface area contributed by atoms with Gasteiger partial charge in [-0.3, -0.25) is 24.0 Å². The topological polar surface area (TPSA) is 472 Å². The number of rotatable bonds is 23. The van der Waals surface area contributed by atoms with Crippen LogP contribution in [0, 0.1) is 36.0 Å². The van der Waals surface area contributed by atoms with Gasteiger partial charge < -0.3 is 61.5 Å². The summed E-state index contributed by atoms with van der Waals surface area (Å²) >= 11 is 6.04. The number of hydrogen-bond donors (Lipinski definition) is 6. The minimum absolute atomic E-state index is 0.0860. The highest BCUT2D eigenvalue weighted by Crippen LogP contribution is 2.37. The molecular weight excluding hydrogens is 1860 g/mol. The number of hydrogen-bond acceptors (Lipinski definition) is 21. The van der Waals surface area contributed by atoms with E-state index in [1.807, 2.05) is 103 Å². The van der Waals surface area contributed by atoms with Crippen LogP contribution in [-0.4, -0.2) is 145 Å². The van der Waals surface area contributed by atoms with Gasteiger partial charge in [-0.05, 0) is 223 Å². The van der Waals surface area contributed by atoms with Crippen LogP contribution in [0.3, 0.4) is 0 Å². The fraction of sp³-hybridized carbons (Fsp3) is 0.0762. The first-order valence-electron chi connectivity index (χ1n) is 43.3. The highest BCUT2D eigenvalue weighted by Gasteiger charge is 2.23. The van der Waals surface area contributed by atoms with Crippen molar-refractivity contribution in [2.45, 2.75) is 39.6 Å². The van der Waals surface area contributed by atoms with Crippen LogP contribution in [0.2, 0.25) is 5.28 Å². The molecule has 10 heterocycles. The van der Waals surface area contributed by atoms with Crippen molar-refractivity contribution >= 4 is 114 Å². The number of carbonyl (C=O) groups excluding carboxylic acids is 7. The number of primary amides is 5. The minimum atomic E-state index is -1.16. The lowest BCUT2D eigenvalue weighted by Gasteiger charge is -2.11. The summed E-state index contributed by atoms with van der Waals surface area (Å²) in [5, 5.41) is 20.8. The van der Waals surface area contributed by atoms with Gasteiger partial charge in [0, 0.05) is 84.1 Å². The molecule has 0 atom stereocenters. The van der Waals surface area contributed by atoms with Gasteiger partial charge in [-0.1, -0.05) is 127 Å². The number of benzene rings is 10. The van der Waals surface area contributed by atoms with E-state index in [1.54, 1.807) is 136 Å². The zero-order chi connectivity index (χ0) is 101. The van der Waals surface area contributed by atoms with Crippen LogP contribution >= 0.6 is 11.6 Å². The molecule has 0 fully saturated rings. The van der Waals surface area contributed by atoms with Crippen LogP contribution in [-0.2, 0) is 42.2 Å². The van der Waals surface area contributed by atoms with Gasteiger partial charge in [0.1, 0.15) is 69.1 Å². The van der Waals surface area contributed by atoms with Crippen molar-refractivity contribution < 1.29 is 74.9 Å². The molecule has 0 saturated carbocycles. The number of aromatic carboxylic acids is 1.